The Labute approximate surface area is 160 Å². The van der Waals surface area contributed by atoms with Crippen LogP contribution in [0.4, 0.5) is 14.9 Å². The van der Waals surface area contributed by atoms with Gasteiger partial charge in [-0.1, -0.05) is 19.1 Å². The summed E-state index contributed by atoms with van der Waals surface area (Å²) >= 11 is 0. The van der Waals surface area contributed by atoms with E-state index in [9.17, 15) is 13.4 Å². The average molecular weight is 390 g/mol. The van der Waals surface area contributed by atoms with Crippen LogP contribution in [0.3, 0.4) is 0 Å². The van der Waals surface area contributed by atoms with Crippen LogP contribution < -0.4 is 10.6 Å². The minimum atomic E-state index is -1.01. The summed E-state index contributed by atoms with van der Waals surface area (Å²) in [5.41, 5.74) is 0.865. The largest absolute Gasteiger partial charge is 0.337 e. The molecule has 1 fully saturated rings. The molecule has 2 aromatic rings. The molecule has 1 saturated heterocycles. The molecule has 2 N–H and O–H groups in total. The number of nitrogens with zero attached hydrogens (tertiary/aromatic N) is 2. The van der Waals surface area contributed by atoms with Crippen LogP contribution in [0.25, 0.3) is 0 Å². The minimum Gasteiger partial charge on any atom is -0.337 e. The summed E-state index contributed by atoms with van der Waals surface area (Å²) in [6, 6.07) is 11.0. The summed E-state index contributed by atoms with van der Waals surface area (Å²) in [5.74, 6) is 0.219. The third-order valence-corrected chi connectivity index (χ3v) is 6.09. The number of carbonyl (C=O) groups excluding carboxylic acids is 1. The average Bonchev–Trinajstić information content (AvgIpc) is 2.62. The van der Waals surface area contributed by atoms with Crippen molar-refractivity contribution in [2.45, 2.75) is 18.8 Å². The quantitative estimate of drug-likeness (QED) is 0.763. The van der Waals surface area contributed by atoms with Gasteiger partial charge in [-0.25, -0.2) is 17.7 Å². The van der Waals surface area contributed by atoms with Crippen LogP contribution in [0.5, 0.6) is 0 Å². The van der Waals surface area contributed by atoms with Gasteiger partial charge < -0.3 is 10.6 Å². The Balaban J connectivity index is 1.64. The van der Waals surface area contributed by atoms with E-state index < -0.39 is 22.8 Å². The number of anilines is 1. The molecule has 0 spiro atoms. The molecule has 1 aliphatic rings. The molecule has 144 valence electrons. The SMILES string of the molecule is CCCS(=O)N1CC(CNC(=O)Nc2cccc(F)c2)(c2ccccn2)C1. The molecule has 0 saturated carbocycles. The van der Waals surface area contributed by atoms with Crippen molar-refractivity contribution in [3.8, 4) is 0 Å². The highest BCUT2D eigenvalue weighted by Crippen LogP contribution is 2.34. The molecule has 1 atom stereocenters. The molecule has 1 unspecified atom stereocenters. The van der Waals surface area contributed by atoms with Gasteiger partial charge in [0.25, 0.3) is 0 Å². The van der Waals surface area contributed by atoms with Gasteiger partial charge in [0.1, 0.15) is 5.82 Å². The maximum absolute atomic E-state index is 13.2. The lowest BCUT2D eigenvalue weighted by atomic mass is 9.78. The van der Waals surface area contributed by atoms with E-state index in [1.165, 1.54) is 18.2 Å². The van der Waals surface area contributed by atoms with Gasteiger partial charge >= 0.3 is 6.03 Å². The maximum Gasteiger partial charge on any atom is 0.319 e. The van der Waals surface area contributed by atoms with Crippen molar-refractivity contribution in [2.75, 3.05) is 30.7 Å². The molecule has 2 heterocycles. The van der Waals surface area contributed by atoms with E-state index in [1.54, 1.807) is 12.3 Å². The summed E-state index contributed by atoms with van der Waals surface area (Å²) in [4.78, 5) is 16.7. The molecule has 1 aliphatic heterocycles. The Morgan fingerprint density at radius 1 is 1.30 bits per heavy atom. The first-order chi connectivity index (χ1) is 13.0. The van der Waals surface area contributed by atoms with Gasteiger partial charge in [-0.2, -0.15) is 0 Å². The molecule has 27 heavy (non-hydrogen) atoms. The van der Waals surface area contributed by atoms with Crippen molar-refractivity contribution < 1.29 is 13.4 Å². The standard InChI is InChI=1S/C19H23FN4O2S/c1-2-10-27(26)24-13-19(14-24,17-8-3-4-9-21-17)12-22-18(25)23-16-7-5-6-15(20)11-16/h3-9,11H,2,10,12-14H2,1H3,(H2,22,23,25). The fraction of sp³-hybridized carbons (Fsp3) is 0.368. The van der Waals surface area contributed by atoms with Gasteiger partial charge in [0.15, 0.2) is 0 Å². The first-order valence-electron chi connectivity index (χ1n) is 8.88. The van der Waals surface area contributed by atoms with E-state index in [0.717, 1.165) is 12.1 Å². The molecule has 0 aliphatic carbocycles. The maximum atomic E-state index is 13.2. The molecule has 0 radical (unpaired) electrons. The van der Waals surface area contributed by atoms with Gasteiger partial charge in [0, 0.05) is 37.3 Å². The van der Waals surface area contributed by atoms with Crippen LogP contribution in [0.1, 0.15) is 19.0 Å². The normalized spacial score (nSPS) is 17.0. The number of rotatable bonds is 7. The van der Waals surface area contributed by atoms with E-state index in [4.69, 9.17) is 0 Å². The van der Waals surface area contributed by atoms with Crippen molar-refractivity contribution in [1.82, 2.24) is 14.6 Å². The highest BCUT2D eigenvalue weighted by atomic mass is 32.2. The van der Waals surface area contributed by atoms with Gasteiger partial charge in [0.05, 0.1) is 22.1 Å². The lowest BCUT2D eigenvalue weighted by molar-refractivity contribution is 0.153. The van der Waals surface area contributed by atoms with Crippen LogP contribution in [0, 0.1) is 5.82 Å². The van der Waals surface area contributed by atoms with Gasteiger partial charge in [-0.3, -0.25) is 4.98 Å². The van der Waals surface area contributed by atoms with E-state index in [1.807, 2.05) is 29.4 Å². The Hall–Kier alpha value is -2.32. The third-order valence-electron chi connectivity index (χ3n) is 4.50. The molecular weight excluding hydrogens is 367 g/mol. The first-order valence-corrected chi connectivity index (χ1v) is 10.2. The fourth-order valence-electron chi connectivity index (χ4n) is 3.11. The van der Waals surface area contributed by atoms with Crippen LogP contribution in [-0.4, -0.2) is 44.9 Å². The molecular formula is C19H23FN4O2S. The Morgan fingerprint density at radius 2 is 2.11 bits per heavy atom. The first kappa shape index (κ1) is 19.4. The highest BCUT2D eigenvalue weighted by molar-refractivity contribution is 7.82. The fourth-order valence-corrected chi connectivity index (χ4v) is 4.50. The second kappa shape index (κ2) is 8.58. The summed E-state index contributed by atoms with van der Waals surface area (Å²) in [6.45, 7) is 3.49. The highest BCUT2D eigenvalue weighted by Gasteiger charge is 2.47. The number of pyridine rings is 1. The van der Waals surface area contributed by atoms with Crippen LogP contribution >= 0.6 is 0 Å². The number of urea groups is 1. The molecule has 0 bridgehead atoms. The summed E-state index contributed by atoms with van der Waals surface area (Å²) in [7, 11) is -1.01. The topological polar surface area (TPSA) is 74.3 Å². The lowest BCUT2D eigenvalue weighted by Gasteiger charge is -2.48. The number of amides is 2. The third kappa shape index (κ3) is 4.70. The number of hydrogen-bond acceptors (Lipinski definition) is 3. The van der Waals surface area contributed by atoms with Crippen LogP contribution in [0.2, 0.25) is 0 Å². The van der Waals surface area contributed by atoms with Crippen molar-refractivity contribution in [3.63, 3.8) is 0 Å². The van der Waals surface area contributed by atoms with Crippen molar-refractivity contribution in [1.29, 1.82) is 0 Å². The molecule has 2 amide bonds. The predicted octanol–water partition coefficient (Wildman–Crippen LogP) is 2.67. The van der Waals surface area contributed by atoms with Crippen LogP contribution in [0.15, 0.2) is 48.7 Å². The van der Waals surface area contributed by atoms with Crippen LogP contribution in [-0.2, 0) is 16.4 Å². The predicted molar refractivity (Wildman–Crippen MR) is 104 cm³/mol. The number of carbonyl (C=O) groups is 1. The van der Waals surface area contributed by atoms with E-state index in [-0.39, 0.29) is 5.41 Å². The Bertz CT molecular complexity index is 812. The number of aromatic nitrogens is 1. The van der Waals surface area contributed by atoms with E-state index in [2.05, 4.69) is 15.6 Å². The van der Waals surface area contributed by atoms with Crippen molar-refractivity contribution in [2.24, 2.45) is 0 Å². The number of hydrogen-bond donors (Lipinski definition) is 2. The minimum absolute atomic E-state index is 0.352. The Morgan fingerprint density at radius 3 is 2.78 bits per heavy atom. The molecule has 1 aromatic heterocycles. The number of benzene rings is 1. The molecule has 8 heteroatoms. The zero-order valence-corrected chi connectivity index (χ0v) is 16.0. The second-order valence-corrected chi connectivity index (χ2v) is 8.20. The van der Waals surface area contributed by atoms with E-state index >= 15 is 0 Å². The van der Waals surface area contributed by atoms with Gasteiger partial charge in [-0.15, -0.1) is 0 Å². The zero-order chi connectivity index (χ0) is 19.3. The molecule has 3 rings (SSSR count). The van der Waals surface area contributed by atoms with Crippen molar-refractivity contribution >= 4 is 22.7 Å². The smallest absolute Gasteiger partial charge is 0.319 e. The molecule has 1 aromatic carbocycles. The summed E-state index contributed by atoms with van der Waals surface area (Å²) < 4.78 is 27.4. The van der Waals surface area contributed by atoms with Gasteiger partial charge in [-0.05, 0) is 36.8 Å². The molecule has 6 nitrogen and oxygen atoms in total. The van der Waals surface area contributed by atoms with Crippen molar-refractivity contribution in [3.05, 3.63) is 60.2 Å². The second-order valence-electron chi connectivity index (χ2n) is 6.64. The van der Waals surface area contributed by atoms with E-state index in [0.29, 0.717) is 31.1 Å². The Kier molecular flexibility index (Phi) is 6.18. The lowest BCUT2D eigenvalue weighted by Crippen LogP contribution is -2.64. The number of nitrogens with one attached hydrogen (secondary N) is 2. The summed E-state index contributed by atoms with van der Waals surface area (Å²) in [5, 5.41) is 5.47. The number of halogens is 1. The van der Waals surface area contributed by atoms with Gasteiger partial charge in [0.2, 0.25) is 0 Å². The monoisotopic (exact) mass is 390 g/mol. The summed E-state index contributed by atoms with van der Waals surface area (Å²) in [6.07, 6.45) is 2.57. The zero-order valence-electron chi connectivity index (χ0n) is 15.2.